The molecule has 0 fully saturated rings. The van der Waals surface area contributed by atoms with Gasteiger partial charge in [0.25, 0.3) is 5.91 Å². The lowest BCUT2D eigenvalue weighted by Gasteiger charge is -2.20. The summed E-state index contributed by atoms with van der Waals surface area (Å²) >= 11 is 0. The maximum atomic E-state index is 12.2. The quantitative estimate of drug-likeness (QED) is 0.834. The van der Waals surface area contributed by atoms with E-state index in [1.54, 1.807) is 13.0 Å². The molecule has 0 radical (unpaired) electrons. The molecule has 1 aromatic carbocycles. The Balaban J connectivity index is 2.93. The Hall–Kier alpha value is -2.04. The third-order valence-corrected chi connectivity index (χ3v) is 2.72. The number of nitrogens with one attached hydrogen (secondary N) is 1. The second kappa shape index (κ2) is 6.05. The van der Waals surface area contributed by atoms with E-state index in [2.05, 4.69) is 5.32 Å². The zero-order chi connectivity index (χ0) is 13.7. The smallest absolute Gasteiger partial charge is 0.254 e. The Kier molecular flexibility index (Phi) is 4.71. The van der Waals surface area contributed by atoms with Gasteiger partial charge in [-0.2, -0.15) is 0 Å². The second-order valence-electron chi connectivity index (χ2n) is 3.99. The fraction of sp³-hybridized carbons (Fsp3) is 0.385. The molecule has 5 heteroatoms. The number of benzene rings is 1. The van der Waals surface area contributed by atoms with Crippen LogP contribution in [0.4, 0.5) is 0 Å². The summed E-state index contributed by atoms with van der Waals surface area (Å²) in [6, 6.07) is 4.56. The van der Waals surface area contributed by atoms with Crippen LogP contribution < -0.4 is 5.32 Å². The Bertz CT molecular complexity index is 458. The Morgan fingerprint density at radius 2 is 2.06 bits per heavy atom. The fourth-order valence-corrected chi connectivity index (χ4v) is 1.64. The summed E-state index contributed by atoms with van der Waals surface area (Å²) in [5.74, 6) is -0.293. The van der Waals surface area contributed by atoms with Crippen LogP contribution in [0.25, 0.3) is 0 Å². The van der Waals surface area contributed by atoms with E-state index < -0.39 is 0 Å². The van der Waals surface area contributed by atoms with Gasteiger partial charge in [-0.25, -0.2) is 0 Å². The first-order chi connectivity index (χ1) is 8.49. The van der Waals surface area contributed by atoms with E-state index in [-0.39, 0.29) is 24.1 Å². The highest BCUT2D eigenvalue weighted by molar-refractivity contribution is 5.97. The van der Waals surface area contributed by atoms with E-state index in [1.165, 1.54) is 24.1 Å². The van der Waals surface area contributed by atoms with Crippen molar-refractivity contribution in [2.75, 3.05) is 20.1 Å². The summed E-state index contributed by atoms with van der Waals surface area (Å²) in [5.41, 5.74) is 1.19. The van der Waals surface area contributed by atoms with E-state index in [0.717, 1.165) is 0 Å². The minimum absolute atomic E-state index is 0.0339. The fourth-order valence-electron chi connectivity index (χ4n) is 1.64. The lowest BCUT2D eigenvalue weighted by Crippen LogP contribution is -2.39. The highest BCUT2D eigenvalue weighted by atomic mass is 16.3. The van der Waals surface area contributed by atoms with Crippen molar-refractivity contribution in [3.05, 3.63) is 29.3 Å². The van der Waals surface area contributed by atoms with Gasteiger partial charge in [-0.05, 0) is 37.6 Å². The summed E-state index contributed by atoms with van der Waals surface area (Å²) in [4.78, 5) is 25.0. The maximum Gasteiger partial charge on any atom is 0.254 e. The molecule has 0 aliphatic heterocycles. The van der Waals surface area contributed by atoms with Crippen molar-refractivity contribution >= 4 is 11.8 Å². The summed E-state index contributed by atoms with van der Waals surface area (Å²) in [5, 5.41) is 11.8. The van der Waals surface area contributed by atoms with Gasteiger partial charge >= 0.3 is 0 Å². The van der Waals surface area contributed by atoms with Gasteiger partial charge in [0.15, 0.2) is 0 Å². The van der Waals surface area contributed by atoms with E-state index in [1.807, 2.05) is 6.92 Å². The maximum absolute atomic E-state index is 12.2. The van der Waals surface area contributed by atoms with Crippen LogP contribution in [0.5, 0.6) is 5.75 Å². The molecule has 5 nitrogen and oxygen atoms in total. The molecule has 0 aliphatic carbocycles. The molecule has 0 saturated heterocycles. The molecule has 98 valence electrons. The second-order valence-corrected chi connectivity index (χ2v) is 3.99. The predicted molar refractivity (Wildman–Crippen MR) is 68.5 cm³/mol. The Labute approximate surface area is 106 Å². The van der Waals surface area contributed by atoms with Crippen LogP contribution in [0, 0.1) is 6.92 Å². The van der Waals surface area contributed by atoms with Crippen molar-refractivity contribution in [1.29, 1.82) is 0 Å². The highest BCUT2D eigenvalue weighted by Gasteiger charge is 2.18. The van der Waals surface area contributed by atoms with Gasteiger partial charge in [-0.15, -0.1) is 0 Å². The van der Waals surface area contributed by atoms with Crippen molar-refractivity contribution in [3.8, 4) is 5.75 Å². The number of aromatic hydroxyl groups is 1. The zero-order valence-corrected chi connectivity index (χ0v) is 10.9. The van der Waals surface area contributed by atoms with E-state index in [9.17, 15) is 14.7 Å². The van der Waals surface area contributed by atoms with Crippen molar-refractivity contribution in [2.45, 2.75) is 13.8 Å². The standard InChI is InChI=1S/C13H18N2O3/c1-4-15(8-12(17)14-3)13(18)11-6-5-10(16)7-9(11)2/h5-7,16H,4,8H2,1-3H3,(H,14,17). The SMILES string of the molecule is CCN(CC(=O)NC)C(=O)c1ccc(O)cc1C. The number of amides is 2. The molecule has 0 aliphatic rings. The first-order valence-corrected chi connectivity index (χ1v) is 5.79. The third-order valence-electron chi connectivity index (χ3n) is 2.72. The summed E-state index contributed by atoms with van der Waals surface area (Å²) in [7, 11) is 1.53. The van der Waals surface area contributed by atoms with Crippen molar-refractivity contribution in [1.82, 2.24) is 10.2 Å². The minimum Gasteiger partial charge on any atom is -0.508 e. The van der Waals surface area contributed by atoms with Crippen LogP contribution >= 0.6 is 0 Å². The van der Waals surface area contributed by atoms with E-state index in [4.69, 9.17) is 0 Å². The largest absolute Gasteiger partial charge is 0.508 e. The molecule has 0 bridgehead atoms. The van der Waals surface area contributed by atoms with Crippen LogP contribution in [0.15, 0.2) is 18.2 Å². The van der Waals surface area contributed by atoms with Crippen LogP contribution in [-0.2, 0) is 4.79 Å². The van der Waals surface area contributed by atoms with E-state index in [0.29, 0.717) is 17.7 Å². The molecule has 18 heavy (non-hydrogen) atoms. The normalized spacial score (nSPS) is 9.94. The predicted octanol–water partition coefficient (Wildman–Crippen LogP) is 0.909. The molecule has 2 amide bonds. The number of carbonyl (C=O) groups excluding carboxylic acids is 2. The molecule has 2 N–H and O–H groups in total. The number of rotatable bonds is 4. The van der Waals surface area contributed by atoms with Gasteiger partial charge in [0.2, 0.25) is 5.91 Å². The number of nitrogens with zero attached hydrogens (tertiary/aromatic N) is 1. The molecule has 0 unspecified atom stereocenters. The number of hydrogen-bond acceptors (Lipinski definition) is 3. The molecule has 0 spiro atoms. The number of aryl methyl sites for hydroxylation is 1. The lowest BCUT2D eigenvalue weighted by atomic mass is 10.1. The van der Waals surface area contributed by atoms with Gasteiger partial charge in [0, 0.05) is 19.2 Å². The molecule has 0 aromatic heterocycles. The number of likely N-dealkylation sites (N-methyl/N-ethyl adjacent to an activating group) is 2. The number of carbonyl (C=O) groups is 2. The monoisotopic (exact) mass is 250 g/mol. The molecule has 0 atom stereocenters. The molecule has 1 aromatic rings. The molecule has 0 heterocycles. The minimum atomic E-state index is -0.210. The van der Waals surface area contributed by atoms with Crippen LogP contribution in [0.2, 0.25) is 0 Å². The van der Waals surface area contributed by atoms with Crippen molar-refractivity contribution < 1.29 is 14.7 Å². The topological polar surface area (TPSA) is 69.6 Å². The first kappa shape index (κ1) is 14.0. The van der Waals surface area contributed by atoms with Crippen molar-refractivity contribution in [3.63, 3.8) is 0 Å². The summed E-state index contributed by atoms with van der Waals surface area (Å²) < 4.78 is 0. The van der Waals surface area contributed by atoms with Gasteiger partial charge < -0.3 is 15.3 Å². The number of phenols is 1. The van der Waals surface area contributed by atoms with Gasteiger partial charge in [-0.1, -0.05) is 0 Å². The van der Waals surface area contributed by atoms with E-state index >= 15 is 0 Å². The van der Waals surface area contributed by atoms with Crippen LogP contribution in [0.3, 0.4) is 0 Å². The highest BCUT2D eigenvalue weighted by Crippen LogP contribution is 2.17. The number of hydrogen-bond donors (Lipinski definition) is 2. The van der Waals surface area contributed by atoms with Gasteiger partial charge in [0.1, 0.15) is 5.75 Å². The van der Waals surface area contributed by atoms with Gasteiger partial charge in [-0.3, -0.25) is 9.59 Å². The molecule has 0 saturated carbocycles. The molecular formula is C13H18N2O3. The average molecular weight is 250 g/mol. The van der Waals surface area contributed by atoms with Gasteiger partial charge in [0.05, 0.1) is 6.54 Å². The molecule has 1 rings (SSSR count). The Morgan fingerprint density at radius 1 is 1.39 bits per heavy atom. The number of phenolic OH excluding ortho intramolecular Hbond substituents is 1. The summed E-state index contributed by atoms with van der Waals surface area (Å²) in [6.45, 7) is 4.05. The molecular weight excluding hydrogens is 232 g/mol. The van der Waals surface area contributed by atoms with Crippen molar-refractivity contribution in [2.24, 2.45) is 0 Å². The van der Waals surface area contributed by atoms with Crippen LogP contribution in [0.1, 0.15) is 22.8 Å². The zero-order valence-electron chi connectivity index (χ0n) is 10.9. The Morgan fingerprint density at radius 3 is 2.56 bits per heavy atom. The lowest BCUT2D eigenvalue weighted by molar-refractivity contribution is -0.121. The van der Waals surface area contributed by atoms with Crippen LogP contribution in [-0.4, -0.2) is 42.0 Å². The third kappa shape index (κ3) is 3.23. The first-order valence-electron chi connectivity index (χ1n) is 5.79. The summed E-state index contributed by atoms with van der Waals surface area (Å²) in [6.07, 6.45) is 0. The average Bonchev–Trinajstić information content (AvgIpc) is 2.34.